The van der Waals surface area contributed by atoms with Crippen molar-refractivity contribution >= 4 is 27.7 Å². The summed E-state index contributed by atoms with van der Waals surface area (Å²) in [4.78, 5) is 12.1. The topological polar surface area (TPSA) is 57.2 Å². The lowest BCUT2D eigenvalue weighted by Gasteiger charge is -2.10. The first-order chi connectivity index (χ1) is 16.4. The second kappa shape index (κ2) is 8.26. The Bertz CT molecular complexity index is 1550. The van der Waals surface area contributed by atoms with E-state index in [2.05, 4.69) is 6.07 Å². The molecule has 0 aliphatic heterocycles. The molecule has 1 radical (unpaired) electrons. The minimum atomic E-state index is -1.52. The fourth-order valence-electron chi connectivity index (χ4n) is 4.26. The maximum absolute atomic E-state index is 13.9. The van der Waals surface area contributed by atoms with Crippen LogP contribution in [0.2, 0.25) is 0 Å². The number of primary amides is 1. The summed E-state index contributed by atoms with van der Waals surface area (Å²) in [6.07, 6.45) is 0. The van der Waals surface area contributed by atoms with Gasteiger partial charge in [0.05, 0.1) is 18.1 Å². The highest BCUT2D eigenvalue weighted by Crippen LogP contribution is 2.35. The third-order valence-corrected chi connectivity index (χ3v) is 5.87. The van der Waals surface area contributed by atoms with Crippen molar-refractivity contribution in [2.75, 3.05) is 7.11 Å². The number of hydrogen-bond donors (Lipinski definition) is 1. The van der Waals surface area contributed by atoms with Crippen LogP contribution in [0.15, 0.2) is 66.7 Å². The highest BCUT2D eigenvalue weighted by atomic mass is 19.2. The van der Waals surface area contributed by atoms with Crippen molar-refractivity contribution in [3.63, 3.8) is 0 Å². The average Bonchev–Trinajstić information content (AvgIpc) is 3.15. The van der Waals surface area contributed by atoms with Gasteiger partial charge in [0.25, 0.3) is 0 Å². The molecule has 169 valence electrons. The van der Waals surface area contributed by atoms with Crippen molar-refractivity contribution in [1.82, 2.24) is 4.57 Å². The summed E-state index contributed by atoms with van der Waals surface area (Å²) in [5.74, 6) is -3.93. The van der Waals surface area contributed by atoms with Crippen molar-refractivity contribution in [1.29, 1.82) is 0 Å². The number of carbonyl (C=O) groups excluding carboxylic acids is 1. The molecule has 1 aromatic heterocycles. The Hall–Kier alpha value is -4.26. The molecule has 0 unspecified atom stereocenters. The molecular formula is C27H18F3N2O2. The maximum atomic E-state index is 13.9. The van der Waals surface area contributed by atoms with Gasteiger partial charge in [-0.25, -0.2) is 13.2 Å². The summed E-state index contributed by atoms with van der Waals surface area (Å²) in [5.41, 5.74) is 9.24. The van der Waals surface area contributed by atoms with Crippen LogP contribution in [0.3, 0.4) is 0 Å². The first kappa shape index (κ1) is 21.6. The van der Waals surface area contributed by atoms with Crippen molar-refractivity contribution < 1.29 is 22.7 Å². The summed E-state index contributed by atoms with van der Waals surface area (Å²) >= 11 is 0. The Morgan fingerprint density at radius 3 is 2.32 bits per heavy atom. The lowest BCUT2D eigenvalue weighted by atomic mass is 10.0. The van der Waals surface area contributed by atoms with Crippen LogP contribution < -0.4 is 10.5 Å². The van der Waals surface area contributed by atoms with E-state index >= 15 is 0 Å². The Kier molecular flexibility index (Phi) is 5.24. The molecule has 0 aliphatic rings. The number of carbonyl (C=O) groups is 1. The van der Waals surface area contributed by atoms with Gasteiger partial charge in [0, 0.05) is 22.9 Å². The van der Waals surface area contributed by atoms with Crippen LogP contribution >= 0.6 is 0 Å². The number of nitrogens with zero attached hydrogens (tertiary/aromatic N) is 1. The molecule has 1 amide bonds. The fourth-order valence-corrected chi connectivity index (χ4v) is 4.26. The zero-order chi connectivity index (χ0) is 24.0. The molecule has 0 bridgehead atoms. The number of hydrogen-bond acceptors (Lipinski definition) is 2. The van der Waals surface area contributed by atoms with E-state index in [1.54, 1.807) is 25.3 Å². The van der Waals surface area contributed by atoms with Gasteiger partial charge < -0.3 is 15.0 Å². The van der Waals surface area contributed by atoms with Gasteiger partial charge in [0.15, 0.2) is 17.5 Å². The van der Waals surface area contributed by atoms with Crippen molar-refractivity contribution in [2.45, 2.75) is 6.54 Å². The van der Waals surface area contributed by atoms with Gasteiger partial charge in [-0.15, -0.1) is 0 Å². The van der Waals surface area contributed by atoms with E-state index in [0.29, 0.717) is 27.4 Å². The maximum Gasteiger partial charge on any atom is 0.249 e. The number of ether oxygens (including phenoxy) is 1. The summed E-state index contributed by atoms with van der Waals surface area (Å²) in [6, 6.07) is 21.5. The molecular weight excluding hydrogens is 441 g/mol. The molecule has 4 aromatic carbocycles. The number of methoxy groups -OCH3 is 1. The van der Waals surface area contributed by atoms with Gasteiger partial charge in [-0.3, -0.25) is 4.79 Å². The smallest absolute Gasteiger partial charge is 0.249 e. The molecule has 0 saturated heterocycles. The summed E-state index contributed by atoms with van der Waals surface area (Å²) in [5, 5.41) is 1.24. The molecule has 5 rings (SSSR count). The van der Waals surface area contributed by atoms with E-state index in [1.807, 2.05) is 41.0 Å². The van der Waals surface area contributed by atoms with Crippen LogP contribution in [-0.4, -0.2) is 17.6 Å². The quantitative estimate of drug-likeness (QED) is 0.336. The van der Waals surface area contributed by atoms with Gasteiger partial charge in [-0.05, 0) is 71.3 Å². The van der Waals surface area contributed by atoms with E-state index in [1.165, 1.54) is 0 Å². The molecule has 5 aromatic rings. The van der Waals surface area contributed by atoms with E-state index in [0.717, 1.165) is 29.0 Å². The molecule has 0 aliphatic carbocycles. The van der Waals surface area contributed by atoms with Gasteiger partial charge in [0.1, 0.15) is 5.75 Å². The zero-order valence-corrected chi connectivity index (χ0v) is 18.0. The lowest BCUT2D eigenvalue weighted by Crippen LogP contribution is -2.11. The second-order valence-corrected chi connectivity index (χ2v) is 7.90. The summed E-state index contributed by atoms with van der Waals surface area (Å²) < 4.78 is 48.4. The number of nitrogens with two attached hydrogens (primary N) is 1. The Morgan fingerprint density at radius 2 is 1.68 bits per heavy atom. The third kappa shape index (κ3) is 3.55. The van der Waals surface area contributed by atoms with Gasteiger partial charge >= 0.3 is 0 Å². The van der Waals surface area contributed by atoms with E-state index in [9.17, 15) is 18.0 Å². The van der Waals surface area contributed by atoms with Gasteiger partial charge in [-0.1, -0.05) is 18.2 Å². The standard InChI is InChI=1S/C27H18F3N2O2/c1-34-18-8-5-16(6-9-18)17-7-10-19-24(13-17)32(14-15-11-21(28)26(30)22(29)12-15)23-4-2-3-20(25(19)23)27(31)33/h2-9,11-13H,14H2,1H3,(H2,31,33). The Balaban J connectivity index is 1.76. The van der Waals surface area contributed by atoms with Crippen LogP contribution in [0.25, 0.3) is 32.9 Å². The summed E-state index contributed by atoms with van der Waals surface area (Å²) in [7, 11) is 1.59. The second-order valence-electron chi connectivity index (χ2n) is 7.90. The molecule has 2 N–H and O–H groups in total. The predicted molar refractivity (Wildman–Crippen MR) is 124 cm³/mol. The number of halogens is 3. The Morgan fingerprint density at radius 1 is 0.971 bits per heavy atom. The number of benzene rings is 4. The van der Waals surface area contributed by atoms with Crippen LogP contribution in [0.1, 0.15) is 15.9 Å². The minimum Gasteiger partial charge on any atom is -0.497 e. The fraction of sp³-hybridized carbons (Fsp3) is 0.0741. The molecule has 34 heavy (non-hydrogen) atoms. The molecule has 1 heterocycles. The van der Waals surface area contributed by atoms with Crippen LogP contribution in [0, 0.1) is 23.5 Å². The predicted octanol–water partition coefficient (Wildman–Crippen LogP) is 5.83. The van der Waals surface area contributed by atoms with Gasteiger partial charge in [-0.2, -0.15) is 0 Å². The van der Waals surface area contributed by atoms with Crippen LogP contribution in [-0.2, 0) is 6.54 Å². The van der Waals surface area contributed by atoms with Crippen molar-refractivity contribution in [3.05, 3.63) is 101 Å². The zero-order valence-electron chi connectivity index (χ0n) is 18.0. The minimum absolute atomic E-state index is 0.0379. The molecule has 7 heteroatoms. The molecule has 0 spiro atoms. The highest BCUT2D eigenvalue weighted by molar-refractivity contribution is 6.18. The molecule has 4 nitrogen and oxygen atoms in total. The lowest BCUT2D eigenvalue weighted by molar-refractivity contribution is 0.100. The van der Waals surface area contributed by atoms with Crippen molar-refractivity contribution in [2.24, 2.45) is 5.73 Å². The highest BCUT2D eigenvalue weighted by Gasteiger charge is 2.19. The SMILES string of the molecule is COc1ccc(-c2c[c]c3c4c(C(N)=O)cccc4n(Cc4cc(F)c(F)c(F)c4)c3c2)cc1. The van der Waals surface area contributed by atoms with Crippen LogP contribution in [0.4, 0.5) is 13.2 Å². The van der Waals surface area contributed by atoms with E-state index in [4.69, 9.17) is 10.5 Å². The molecule has 0 fully saturated rings. The first-order valence-electron chi connectivity index (χ1n) is 10.4. The normalized spacial score (nSPS) is 11.3. The number of rotatable bonds is 5. The van der Waals surface area contributed by atoms with Crippen LogP contribution in [0.5, 0.6) is 5.75 Å². The van der Waals surface area contributed by atoms with E-state index in [-0.39, 0.29) is 12.1 Å². The number of aromatic nitrogens is 1. The first-order valence-corrected chi connectivity index (χ1v) is 10.4. The van der Waals surface area contributed by atoms with E-state index < -0.39 is 23.4 Å². The van der Waals surface area contributed by atoms with Crippen molar-refractivity contribution in [3.8, 4) is 16.9 Å². The Labute approximate surface area is 193 Å². The molecule has 0 saturated carbocycles. The number of amides is 1. The monoisotopic (exact) mass is 459 g/mol. The third-order valence-electron chi connectivity index (χ3n) is 5.87. The average molecular weight is 459 g/mol. The summed E-state index contributed by atoms with van der Waals surface area (Å²) in [6.45, 7) is 0.0379. The largest absolute Gasteiger partial charge is 0.497 e. The molecule has 0 atom stereocenters. The van der Waals surface area contributed by atoms with Gasteiger partial charge in [0.2, 0.25) is 5.91 Å². The number of fused-ring (bicyclic) bond motifs is 3.